The highest BCUT2D eigenvalue weighted by molar-refractivity contribution is 6.08. The van der Waals surface area contributed by atoms with E-state index in [-0.39, 0.29) is 24.4 Å². The van der Waals surface area contributed by atoms with Crippen LogP contribution in [0.25, 0.3) is 22.0 Å². The van der Waals surface area contributed by atoms with Gasteiger partial charge in [0.15, 0.2) is 0 Å². The van der Waals surface area contributed by atoms with Crippen LogP contribution in [0.1, 0.15) is 41.9 Å². The number of benzene rings is 1. The summed E-state index contributed by atoms with van der Waals surface area (Å²) in [4.78, 5) is 40.8. The lowest BCUT2D eigenvalue weighted by molar-refractivity contribution is -0.118. The third-order valence-corrected chi connectivity index (χ3v) is 6.89. The van der Waals surface area contributed by atoms with Crippen LogP contribution in [0.5, 0.6) is 0 Å². The normalized spacial score (nSPS) is 22.7. The Labute approximate surface area is 194 Å². The van der Waals surface area contributed by atoms with Crippen molar-refractivity contribution >= 4 is 28.9 Å². The Balaban J connectivity index is 1.53. The maximum atomic E-state index is 12.7. The average molecular weight is 466 g/mol. The van der Waals surface area contributed by atoms with Crippen LogP contribution < -0.4 is 11.5 Å². The van der Waals surface area contributed by atoms with Crippen LogP contribution in [-0.4, -0.2) is 61.4 Å². The Kier molecular flexibility index (Phi) is 5.08. The number of carboxylic acids is 1. The Hall–Kier alpha value is -3.86. The predicted octanol–water partition coefficient (Wildman–Crippen LogP) is 1.84. The van der Waals surface area contributed by atoms with Crippen LogP contribution in [0.4, 0.5) is 4.79 Å². The Morgan fingerprint density at radius 1 is 1.38 bits per heavy atom. The monoisotopic (exact) mass is 466 g/mol. The topological polar surface area (TPSA) is 170 Å². The third-order valence-electron chi connectivity index (χ3n) is 6.89. The number of aromatic nitrogens is 3. The molecule has 0 bridgehead atoms. The van der Waals surface area contributed by atoms with E-state index in [0.717, 1.165) is 18.4 Å². The molecule has 6 N–H and O–H groups in total. The van der Waals surface area contributed by atoms with Gasteiger partial charge < -0.3 is 26.3 Å². The SMILES string of the molecule is C[C@@H](c1cccc2c(-c3cnn(CC(N)=O)c3)c(C(=O)O)[nH]c12)N1CC2(CC(CN)C2)OC1=O. The van der Waals surface area contributed by atoms with Crippen LogP contribution in [0.3, 0.4) is 0 Å². The molecule has 1 aromatic carbocycles. The second-order valence-corrected chi connectivity index (χ2v) is 9.21. The molecule has 11 nitrogen and oxygen atoms in total. The molecule has 5 rings (SSSR count). The standard InChI is InChI=1S/C23H26N6O5/c1-12(29-11-23(34-22(29)33)5-13(6-23)7-24)15-3-2-4-16-18(20(21(31)32)27-19(15)16)14-8-26-28(9-14)10-17(25)30/h2-4,8-9,12-13,27H,5-7,10-11,24H2,1H3,(H2,25,30)(H,31,32)/t12-,13?,23?/m0/s1. The van der Waals surface area contributed by atoms with Gasteiger partial charge in [-0.2, -0.15) is 5.10 Å². The number of aromatic amines is 1. The summed E-state index contributed by atoms with van der Waals surface area (Å²) in [6, 6.07) is 5.17. The van der Waals surface area contributed by atoms with E-state index in [4.69, 9.17) is 16.2 Å². The number of nitrogens with one attached hydrogen (secondary N) is 1. The molecular formula is C23H26N6O5. The van der Waals surface area contributed by atoms with E-state index in [9.17, 15) is 19.5 Å². The number of carboxylic acid groups (broad SMARTS) is 1. The molecule has 2 aliphatic rings. The highest BCUT2D eigenvalue weighted by Gasteiger charge is 2.54. The number of carbonyl (C=O) groups is 3. The van der Waals surface area contributed by atoms with Crippen LogP contribution in [0.2, 0.25) is 0 Å². The molecule has 34 heavy (non-hydrogen) atoms. The molecule has 1 saturated carbocycles. The summed E-state index contributed by atoms with van der Waals surface area (Å²) in [6.45, 7) is 2.84. The molecule has 3 heterocycles. The summed E-state index contributed by atoms with van der Waals surface area (Å²) in [5.41, 5.74) is 12.9. The molecule has 2 amide bonds. The van der Waals surface area contributed by atoms with Crippen molar-refractivity contribution in [3.8, 4) is 11.1 Å². The number of ether oxygens (including phenoxy) is 1. The maximum absolute atomic E-state index is 12.7. The first-order valence-electron chi connectivity index (χ1n) is 11.1. The summed E-state index contributed by atoms with van der Waals surface area (Å²) >= 11 is 0. The summed E-state index contributed by atoms with van der Waals surface area (Å²) in [7, 11) is 0. The first-order chi connectivity index (χ1) is 16.2. The maximum Gasteiger partial charge on any atom is 0.411 e. The zero-order valence-corrected chi connectivity index (χ0v) is 18.7. The number of primary amides is 1. The fraction of sp³-hybridized carbons (Fsp3) is 0.391. The fourth-order valence-electron chi connectivity index (χ4n) is 5.27. The van der Waals surface area contributed by atoms with Gasteiger partial charge in [0.25, 0.3) is 0 Å². The summed E-state index contributed by atoms with van der Waals surface area (Å²) in [6.07, 6.45) is 4.22. The van der Waals surface area contributed by atoms with Gasteiger partial charge >= 0.3 is 12.1 Å². The number of carbonyl (C=O) groups excluding carboxylic acids is 2. The van der Waals surface area contributed by atoms with Crippen molar-refractivity contribution in [3.63, 3.8) is 0 Å². The zero-order chi connectivity index (χ0) is 24.2. The average Bonchev–Trinajstić information content (AvgIpc) is 3.46. The van der Waals surface area contributed by atoms with E-state index in [1.807, 2.05) is 25.1 Å². The minimum atomic E-state index is -1.13. The van der Waals surface area contributed by atoms with Gasteiger partial charge in [-0.3, -0.25) is 14.4 Å². The zero-order valence-electron chi connectivity index (χ0n) is 18.7. The molecule has 1 aliphatic heterocycles. The lowest BCUT2D eigenvalue weighted by atomic mass is 9.71. The lowest BCUT2D eigenvalue weighted by Crippen LogP contribution is -2.49. The molecule has 0 unspecified atom stereocenters. The fourth-order valence-corrected chi connectivity index (χ4v) is 5.27. The number of nitrogens with zero attached hydrogens (tertiary/aromatic N) is 3. The summed E-state index contributed by atoms with van der Waals surface area (Å²) in [5.74, 6) is -1.32. The van der Waals surface area contributed by atoms with Crippen LogP contribution in [-0.2, 0) is 16.1 Å². The van der Waals surface area contributed by atoms with Gasteiger partial charge in [-0.05, 0) is 37.8 Å². The van der Waals surface area contributed by atoms with Gasteiger partial charge in [-0.25, -0.2) is 9.59 Å². The highest BCUT2D eigenvalue weighted by atomic mass is 16.6. The number of nitrogens with two attached hydrogens (primary N) is 2. The van der Waals surface area contributed by atoms with Gasteiger partial charge in [0.2, 0.25) is 5.91 Å². The van der Waals surface area contributed by atoms with Crippen molar-refractivity contribution < 1.29 is 24.2 Å². The number of hydrogen-bond acceptors (Lipinski definition) is 6. The second-order valence-electron chi connectivity index (χ2n) is 9.21. The number of hydrogen-bond donors (Lipinski definition) is 4. The lowest BCUT2D eigenvalue weighted by Gasteiger charge is -2.42. The molecule has 0 radical (unpaired) electrons. The summed E-state index contributed by atoms with van der Waals surface area (Å²) < 4.78 is 7.10. The van der Waals surface area contributed by atoms with Crippen molar-refractivity contribution in [1.82, 2.24) is 19.7 Å². The highest BCUT2D eigenvalue weighted by Crippen LogP contribution is 2.47. The van der Waals surface area contributed by atoms with E-state index >= 15 is 0 Å². The van der Waals surface area contributed by atoms with Gasteiger partial charge in [-0.15, -0.1) is 0 Å². The summed E-state index contributed by atoms with van der Waals surface area (Å²) in [5, 5.41) is 14.7. The smallest absolute Gasteiger partial charge is 0.411 e. The molecule has 1 saturated heterocycles. The Bertz CT molecular complexity index is 1300. The molecule has 178 valence electrons. The van der Waals surface area contributed by atoms with Crippen molar-refractivity contribution in [3.05, 3.63) is 41.9 Å². The van der Waals surface area contributed by atoms with Crippen LogP contribution in [0, 0.1) is 5.92 Å². The van der Waals surface area contributed by atoms with Gasteiger partial charge in [0, 0.05) is 22.7 Å². The quantitative estimate of drug-likeness (QED) is 0.411. The van der Waals surface area contributed by atoms with Crippen molar-refractivity contribution in [1.29, 1.82) is 0 Å². The molecule has 2 fully saturated rings. The number of fused-ring (bicyclic) bond motifs is 1. The molecular weight excluding hydrogens is 440 g/mol. The molecule has 1 atom stereocenters. The Morgan fingerprint density at radius 3 is 2.82 bits per heavy atom. The minimum Gasteiger partial charge on any atom is -0.477 e. The predicted molar refractivity (Wildman–Crippen MR) is 122 cm³/mol. The molecule has 3 aromatic rings. The Morgan fingerprint density at radius 2 is 2.15 bits per heavy atom. The number of aromatic carboxylic acids is 1. The van der Waals surface area contributed by atoms with E-state index < -0.39 is 17.5 Å². The van der Waals surface area contributed by atoms with Crippen molar-refractivity contribution in [2.24, 2.45) is 17.4 Å². The van der Waals surface area contributed by atoms with Crippen molar-refractivity contribution in [2.75, 3.05) is 13.1 Å². The molecule has 2 aromatic heterocycles. The number of amides is 2. The molecule has 1 aliphatic carbocycles. The number of para-hydroxylation sites is 1. The third kappa shape index (κ3) is 3.48. The van der Waals surface area contributed by atoms with Gasteiger partial charge in [0.1, 0.15) is 17.8 Å². The number of H-pyrrole nitrogens is 1. The molecule has 11 heteroatoms. The van der Waals surface area contributed by atoms with Gasteiger partial charge in [0.05, 0.1) is 24.3 Å². The largest absolute Gasteiger partial charge is 0.477 e. The second kappa shape index (κ2) is 7.87. The number of rotatable bonds is 7. The first-order valence-corrected chi connectivity index (χ1v) is 11.1. The minimum absolute atomic E-state index is 0.00137. The van der Waals surface area contributed by atoms with E-state index in [2.05, 4.69) is 10.1 Å². The van der Waals surface area contributed by atoms with E-state index in [0.29, 0.717) is 41.0 Å². The van der Waals surface area contributed by atoms with Crippen LogP contribution >= 0.6 is 0 Å². The van der Waals surface area contributed by atoms with E-state index in [1.54, 1.807) is 11.1 Å². The van der Waals surface area contributed by atoms with E-state index in [1.165, 1.54) is 10.9 Å². The molecule has 1 spiro atoms. The van der Waals surface area contributed by atoms with Gasteiger partial charge in [-0.1, -0.05) is 18.2 Å². The van der Waals surface area contributed by atoms with Crippen molar-refractivity contribution in [2.45, 2.75) is 38.0 Å². The van der Waals surface area contributed by atoms with Crippen LogP contribution in [0.15, 0.2) is 30.6 Å². The first kappa shape index (κ1) is 22.0.